The van der Waals surface area contributed by atoms with E-state index in [4.69, 9.17) is 4.74 Å². The highest BCUT2D eigenvalue weighted by Crippen LogP contribution is 2.29. The summed E-state index contributed by atoms with van der Waals surface area (Å²) < 4.78 is 34.2. The maximum Gasteiger partial charge on any atom is 0.387 e. The minimum atomic E-state index is -2.88. The van der Waals surface area contributed by atoms with E-state index >= 15 is 0 Å². The number of pyridine rings is 1. The number of fused-ring (bicyclic) bond motifs is 1. The summed E-state index contributed by atoms with van der Waals surface area (Å²) in [5.74, 6) is 1.16. The molecular weight excluding hydrogens is 314 g/mol. The summed E-state index contributed by atoms with van der Waals surface area (Å²) in [5, 5.41) is 4.39. The van der Waals surface area contributed by atoms with Crippen LogP contribution in [0.3, 0.4) is 0 Å². The van der Waals surface area contributed by atoms with Gasteiger partial charge in [-0.2, -0.15) is 8.78 Å². The van der Waals surface area contributed by atoms with Crippen molar-refractivity contribution in [2.75, 3.05) is 12.4 Å². The van der Waals surface area contributed by atoms with Crippen LogP contribution in [-0.4, -0.2) is 13.7 Å². The van der Waals surface area contributed by atoms with E-state index in [1.807, 2.05) is 36.4 Å². The molecule has 0 aliphatic rings. The summed E-state index contributed by atoms with van der Waals surface area (Å²) in [7, 11) is 1.42. The number of hydrogen-bond acceptors (Lipinski definition) is 3. The molecule has 1 aromatic heterocycles. The molecule has 0 radical (unpaired) electrons. The summed E-state index contributed by atoms with van der Waals surface area (Å²) in [4.78, 5) is 3.30. The fourth-order valence-corrected chi connectivity index (χ4v) is 2.43. The standard InChI is InChI=1S/C18H16F2N2O2/c1-23-16-10-12(6-8-15(16)24-18(19)20)11-21-17-9-7-13-4-2-3-5-14(13)22-17/h2-10,18H,11H2,1H3,(H,21,22)/p+1. The largest absolute Gasteiger partial charge is 0.493 e. The van der Waals surface area contributed by atoms with E-state index in [-0.39, 0.29) is 11.5 Å². The molecule has 0 atom stereocenters. The van der Waals surface area contributed by atoms with Crippen molar-refractivity contribution in [1.82, 2.24) is 0 Å². The van der Waals surface area contributed by atoms with Gasteiger partial charge < -0.3 is 9.47 Å². The number of alkyl halides is 2. The second-order valence-corrected chi connectivity index (χ2v) is 5.18. The summed E-state index contributed by atoms with van der Waals surface area (Å²) in [6.07, 6.45) is 0. The Morgan fingerprint density at radius 1 is 1.04 bits per heavy atom. The predicted octanol–water partition coefficient (Wildman–Crippen LogP) is 3.88. The van der Waals surface area contributed by atoms with E-state index in [0.29, 0.717) is 6.54 Å². The molecule has 0 saturated carbocycles. The monoisotopic (exact) mass is 331 g/mol. The number of H-pyrrole nitrogens is 1. The third-order valence-corrected chi connectivity index (χ3v) is 3.59. The predicted molar refractivity (Wildman–Crippen MR) is 87.5 cm³/mol. The molecule has 4 nitrogen and oxygen atoms in total. The third kappa shape index (κ3) is 3.71. The number of methoxy groups -OCH3 is 1. The average molecular weight is 331 g/mol. The minimum absolute atomic E-state index is 0.0218. The van der Waals surface area contributed by atoms with Gasteiger partial charge in [-0.1, -0.05) is 24.3 Å². The molecule has 0 saturated heterocycles. The Labute approximate surface area is 138 Å². The maximum atomic E-state index is 12.3. The normalized spacial score (nSPS) is 10.8. The van der Waals surface area contributed by atoms with Gasteiger partial charge in [0, 0.05) is 11.5 Å². The number of aromatic nitrogens is 1. The molecule has 0 bridgehead atoms. The van der Waals surface area contributed by atoms with Crippen molar-refractivity contribution < 1.29 is 23.2 Å². The molecule has 0 spiro atoms. The first-order valence-electron chi connectivity index (χ1n) is 7.42. The summed E-state index contributed by atoms with van der Waals surface area (Å²) >= 11 is 0. The van der Waals surface area contributed by atoms with Crippen molar-refractivity contribution in [3.63, 3.8) is 0 Å². The van der Waals surface area contributed by atoms with Crippen LogP contribution >= 0.6 is 0 Å². The van der Waals surface area contributed by atoms with Gasteiger partial charge in [0.25, 0.3) is 5.82 Å². The molecule has 0 fully saturated rings. The average Bonchev–Trinajstić information content (AvgIpc) is 2.60. The van der Waals surface area contributed by atoms with E-state index in [9.17, 15) is 8.78 Å². The van der Waals surface area contributed by atoms with E-state index in [1.54, 1.807) is 12.1 Å². The third-order valence-electron chi connectivity index (χ3n) is 3.59. The van der Waals surface area contributed by atoms with Crippen LogP contribution in [0, 0.1) is 0 Å². The topological polar surface area (TPSA) is 44.6 Å². The van der Waals surface area contributed by atoms with Gasteiger partial charge in [0.2, 0.25) is 0 Å². The molecule has 124 valence electrons. The van der Waals surface area contributed by atoms with Crippen LogP contribution in [-0.2, 0) is 6.54 Å². The maximum absolute atomic E-state index is 12.3. The van der Waals surface area contributed by atoms with Crippen molar-refractivity contribution in [1.29, 1.82) is 0 Å². The summed E-state index contributed by atoms with van der Waals surface area (Å²) in [5.41, 5.74) is 1.91. The Bertz CT molecular complexity index is 840. The zero-order valence-corrected chi connectivity index (χ0v) is 13.1. The molecule has 0 aliphatic carbocycles. The van der Waals surface area contributed by atoms with E-state index in [2.05, 4.69) is 15.0 Å². The van der Waals surface area contributed by atoms with Crippen molar-refractivity contribution in [3.8, 4) is 11.5 Å². The van der Waals surface area contributed by atoms with Crippen LogP contribution < -0.4 is 19.8 Å². The molecule has 0 amide bonds. The molecular formula is C18H17F2N2O2+. The quantitative estimate of drug-likeness (QED) is 0.745. The van der Waals surface area contributed by atoms with Crippen LogP contribution in [0.25, 0.3) is 10.9 Å². The Morgan fingerprint density at radius 2 is 1.88 bits per heavy atom. The van der Waals surface area contributed by atoms with Gasteiger partial charge in [-0.15, -0.1) is 0 Å². The van der Waals surface area contributed by atoms with E-state index in [1.165, 1.54) is 13.2 Å². The fourth-order valence-electron chi connectivity index (χ4n) is 2.43. The lowest BCUT2D eigenvalue weighted by atomic mass is 10.2. The van der Waals surface area contributed by atoms with Gasteiger partial charge >= 0.3 is 6.61 Å². The number of benzene rings is 2. The molecule has 0 aliphatic heterocycles. The highest BCUT2D eigenvalue weighted by Gasteiger charge is 2.12. The zero-order valence-electron chi connectivity index (χ0n) is 13.1. The molecule has 0 unspecified atom stereocenters. The number of rotatable bonds is 6. The second kappa shape index (κ2) is 7.12. The lowest BCUT2D eigenvalue weighted by Gasteiger charge is -2.10. The number of anilines is 1. The van der Waals surface area contributed by atoms with Crippen LogP contribution in [0.5, 0.6) is 11.5 Å². The van der Waals surface area contributed by atoms with Gasteiger partial charge in [-0.3, -0.25) is 5.32 Å². The second-order valence-electron chi connectivity index (χ2n) is 5.18. The smallest absolute Gasteiger partial charge is 0.387 e. The van der Waals surface area contributed by atoms with Crippen molar-refractivity contribution in [2.24, 2.45) is 0 Å². The first-order chi connectivity index (χ1) is 11.7. The Kier molecular flexibility index (Phi) is 4.74. The molecule has 2 N–H and O–H groups in total. The lowest BCUT2D eigenvalue weighted by Crippen LogP contribution is -2.13. The van der Waals surface area contributed by atoms with Crippen LogP contribution in [0.4, 0.5) is 14.6 Å². The zero-order chi connectivity index (χ0) is 16.9. The van der Waals surface area contributed by atoms with Crippen LogP contribution in [0.2, 0.25) is 0 Å². The number of halogens is 2. The van der Waals surface area contributed by atoms with Crippen molar-refractivity contribution in [3.05, 3.63) is 60.2 Å². The summed E-state index contributed by atoms with van der Waals surface area (Å²) in [6.45, 7) is -2.37. The minimum Gasteiger partial charge on any atom is -0.493 e. The molecule has 24 heavy (non-hydrogen) atoms. The van der Waals surface area contributed by atoms with Crippen LogP contribution in [0.1, 0.15) is 5.56 Å². The van der Waals surface area contributed by atoms with Crippen LogP contribution in [0.15, 0.2) is 54.6 Å². The Balaban J connectivity index is 1.73. The number of para-hydroxylation sites is 1. The van der Waals surface area contributed by atoms with Gasteiger partial charge in [0.1, 0.15) is 12.1 Å². The van der Waals surface area contributed by atoms with Gasteiger partial charge in [0.15, 0.2) is 11.5 Å². The SMILES string of the molecule is COc1cc(CNc2ccc3ccccc3[nH+]2)ccc1OC(F)F. The number of nitrogens with one attached hydrogen (secondary N) is 2. The molecule has 1 heterocycles. The molecule has 6 heteroatoms. The van der Waals surface area contributed by atoms with Gasteiger partial charge in [-0.25, -0.2) is 4.98 Å². The van der Waals surface area contributed by atoms with Gasteiger partial charge in [-0.05, 0) is 29.8 Å². The highest BCUT2D eigenvalue weighted by atomic mass is 19.3. The molecule has 3 rings (SSSR count). The number of hydrogen-bond donors (Lipinski definition) is 1. The lowest BCUT2D eigenvalue weighted by molar-refractivity contribution is -0.327. The van der Waals surface area contributed by atoms with Gasteiger partial charge in [0.05, 0.1) is 7.11 Å². The van der Waals surface area contributed by atoms with Crippen molar-refractivity contribution in [2.45, 2.75) is 13.2 Å². The van der Waals surface area contributed by atoms with E-state index < -0.39 is 6.61 Å². The molecule has 3 aromatic rings. The first kappa shape index (κ1) is 16.0. The summed E-state index contributed by atoms with van der Waals surface area (Å²) in [6, 6.07) is 16.8. The first-order valence-corrected chi connectivity index (χ1v) is 7.42. The van der Waals surface area contributed by atoms with Crippen molar-refractivity contribution >= 4 is 16.7 Å². The molecule has 2 aromatic carbocycles. The fraction of sp³-hybridized carbons (Fsp3) is 0.167. The number of ether oxygens (including phenoxy) is 2. The Morgan fingerprint density at radius 3 is 2.67 bits per heavy atom. The van der Waals surface area contributed by atoms with E-state index in [0.717, 1.165) is 22.3 Å². The highest BCUT2D eigenvalue weighted by molar-refractivity contribution is 5.75. The number of aromatic amines is 1. The Hall–Kier alpha value is -2.89.